The number of benzene rings is 2. The maximum Gasteiger partial charge on any atom is 0.249 e. The van der Waals surface area contributed by atoms with Gasteiger partial charge < -0.3 is 14.8 Å². The third-order valence-electron chi connectivity index (χ3n) is 4.89. The fourth-order valence-electron chi connectivity index (χ4n) is 3.09. The lowest BCUT2D eigenvalue weighted by molar-refractivity contribution is -0.118. The van der Waals surface area contributed by atoms with Crippen LogP contribution in [0.1, 0.15) is 13.3 Å². The van der Waals surface area contributed by atoms with Gasteiger partial charge in [-0.25, -0.2) is 8.42 Å². The monoisotopic (exact) mass is 424 g/mol. The Bertz CT molecular complexity index is 994. The van der Waals surface area contributed by atoms with Crippen molar-refractivity contribution in [2.24, 2.45) is 0 Å². The highest BCUT2D eigenvalue weighted by molar-refractivity contribution is 7.95. The number of nitrogens with zero attached hydrogens (tertiary/aromatic N) is 1. The number of nitrogens with one attached hydrogen (secondary N) is 1. The molecule has 1 fully saturated rings. The summed E-state index contributed by atoms with van der Waals surface area (Å²) in [6.45, 7) is 1.65. The van der Waals surface area contributed by atoms with Gasteiger partial charge in [-0.05, 0) is 49.7 Å². The Balaban J connectivity index is 1.86. The molecule has 0 aliphatic carbocycles. The number of halogens is 1. The second-order valence-corrected chi connectivity index (χ2v) is 9.29. The summed E-state index contributed by atoms with van der Waals surface area (Å²) < 4.78 is 36.3. The van der Waals surface area contributed by atoms with Crippen molar-refractivity contribution in [3.05, 3.63) is 47.5 Å². The van der Waals surface area contributed by atoms with Gasteiger partial charge in [-0.3, -0.25) is 9.10 Å². The van der Waals surface area contributed by atoms with Crippen molar-refractivity contribution in [3.8, 4) is 11.5 Å². The number of sulfonamides is 1. The SMILES string of the molecule is COc1ccc(NC(=O)C2(C)CCN(c3ccc(Cl)cc3)S2(=O)=O)cc1OC. The Morgan fingerprint density at radius 2 is 1.75 bits per heavy atom. The second kappa shape index (κ2) is 7.52. The summed E-state index contributed by atoms with van der Waals surface area (Å²) in [5.74, 6) is 0.341. The minimum atomic E-state index is -3.92. The summed E-state index contributed by atoms with van der Waals surface area (Å²) in [6.07, 6.45) is 0.164. The number of amides is 1. The van der Waals surface area contributed by atoms with Crippen molar-refractivity contribution >= 4 is 38.9 Å². The molecule has 150 valence electrons. The van der Waals surface area contributed by atoms with Gasteiger partial charge in [0.15, 0.2) is 16.2 Å². The Morgan fingerprint density at radius 3 is 2.36 bits per heavy atom. The highest BCUT2D eigenvalue weighted by atomic mass is 35.5. The third kappa shape index (κ3) is 3.38. The van der Waals surface area contributed by atoms with Crippen LogP contribution in [0, 0.1) is 0 Å². The largest absolute Gasteiger partial charge is 0.493 e. The molecule has 1 unspecified atom stereocenters. The molecule has 0 aromatic heterocycles. The average molecular weight is 425 g/mol. The number of carbonyl (C=O) groups is 1. The van der Waals surface area contributed by atoms with Gasteiger partial charge in [0.05, 0.1) is 19.9 Å². The molecule has 0 saturated carbocycles. The molecule has 0 bridgehead atoms. The van der Waals surface area contributed by atoms with E-state index in [-0.39, 0.29) is 13.0 Å². The molecule has 3 rings (SSSR count). The zero-order valence-corrected chi connectivity index (χ0v) is 17.3. The molecule has 7 nitrogen and oxygen atoms in total. The van der Waals surface area contributed by atoms with Crippen LogP contribution in [0.5, 0.6) is 11.5 Å². The molecule has 2 aromatic rings. The lowest BCUT2D eigenvalue weighted by Crippen LogP contribution is -2.47. The van der Waals surface area contributed by atoms with Crippen LogP contribution < -0.4 is 19.1 Å². The molecule has 0 radical (unpaired) electrons. The summed E-state index contributed by atoms with van der Waals surface area (Å²) in [5.41, 5.74) is 0.899. The topological polar surface area (TPSA) is 84.9 Å². The number of hydrogen-bond acceptors (Lipinski definition) is 5. The molecular weight excluding hydrogens is 404 g/mol. The molecule has 1 amide bonds. The number of anilines is 2. The van der Waals surface area contributed by atoms with Crippen molar-refractivity contribution in [1.29, 1.82) is 0 Å². The van der Waals surface area contributed by atoms with Gasteiger partial charge in [0, 0.05) is 23.3 Å². The first-order valence-electron chi connectivity index (χ1n) is 8.54. The van der Waals surface area contributed by atoms with Crippen LogP contribution in [0.25, 0.3) is 0 Å². The van der Waals surface area contributed by atoms with E-state index >= 15 is 0 Å². The highest BCUT2D eigenvalue weighted by Gasteiger charge is 2.54. The summed E-state index contributed by atoms with van der Waals surface area (Å²) in [4.78, 5) is 12.9. The minimum absolute atomic E-state index is 0.164. The zero-order valence-electron chi connectivity index (χ0n) is 15.7. The van der Waals surface area contributed by atoms with Crippen LogP contribution in [0.15, 0.2) is 42.5 Å². The first-order chi connectivity index (χ1) is 13.2. The van der Waals surface area contributed by atoms with E-state index in [0.29, 0.717) is 27.9 Å². The summed E-state index contributed by atoms with van der Waals surface area (Å²) in [7, 11) is -0.929. The Kier molecular flexibility index (Phi) is 5.45. The van der Waals surface area contributed by atoms with E-state index in [1.807, 2.05) is 0 Å². The van der Waals surface area contributed by atoms with Crippen molar-refractivity contribution in [2.75, 3.05) is 30.4 Å². The second-order valence-electron chi connectivity index (χ2n) is 6.56. The number of hydrogen-bond donors (Lipinski definition) is 1. The fraction of sp³-hybridized carbons (Fsp3) is 0.316. The maximum absolute atomic E-state index is 13.1. The molecule has 1 N–H and O–H groups in total. The van der Waals surface area contributed by atoms with Crippen molar-refractivity contribution < 1.29 is 22.7 Å². The average Bonchev–Trinajstić information content (AvgIpc) is 2.92. The van der Waals surface area contributed by atoms with Crippen LogP contribution in [-0.2, 0) is 14.8 Å². The van der Waals surface area contributed by atoms with Crippen molar-refractivity contribution in [2.45, 2.75) is 18.1 Å². The van der Waals surface area contributed by atoms with Crippen LogP contribution in [0.4, 0.5) is 11.4 Å². The van der Waals surface area contributed by atoms with Gasteiger partial charge in [-0.1, -0.05) is 11.6 Å². The fourth-order valence-corrected chi connectivity index (χ4v) is 5.07. The highest BCUT2D eigenvalue weighted by Crippen LogP contribution is 2.38. The molecule has 9 heteroatoms. The summed E-state index contributed by atoms with van der Waals surface area (Å²) in [6, 6.07) is 11.3. The van der Waals surface area contributed by atoms with Crippen LogP contribution in [0.3, 0.4) is 0 Å². The Labute approximate surface area is 169 Å². The molecule has 1 saturated heterocycles. The predicted molar refractivity (Wildman–Crippen MR) is 109 cm³/mol. The molecule has 1 aliphatic heterocycles. The number of carbonyl (C=O) groups excluding carboxylic acids is 1. The van der Waals surface area contributed by atoms with Crippen molar-refractivity contribution in [1.82, 2.24) is 0 Å². The predicted octanol–water partition coefficient (Wildman–Crippen LogP) is 3.29. The molecular formula is C19H21ClN2O5S. The van der Waals surface area contributed by atoms with E-state index in [1.165, 1.54) is 25.4 Å². The molecule has 2 aromatic carbocycles. The van der Waals surface area contributed by atoms with Crippen LogP contribution in [0.2, 0.25) is 5.02 Å². The van der Waals surface area contributed by atoms with Gasteiger partial charge in [-0.15, -0.1) is 0 Å². The molecule has 0 spiro atoms. The standard InChI is InChI=1S/C19H21ClN2O5S/c1-19(18(23)21-14-6-9-16(26-2)17(12-14)27-3)10-11-22(28(19,24)25)15-7-4-13(20)5-8-15/h4-9,12H,10-11H2,1-3H3,(H,21,23). The lowest BCUT2D eigenvalue weighted by atomic mass is 10.1. The quantitative estimate of drug-likeness (QED) is 0.796. The molecule has 1 aliphatic rings. The molecule has 1 atom stereocenters. The minimum Gasteiger partial charge on any atom is -0.493 e. The van der Waals surface area contributed by atoms with E-state index in [2.05, 4.69) is 5.32 Å². The van der Waals surface area contributed by atoms with E-state index in [0.717, 1.165) is 0 Å². The van der Waals surface area contributed by atoms with Crippen LogP contribution in [-0.4, -0.2) is 39.8 Å². The summed E-state index contributed by atoms with van der Waals surface area (Å²) >= 11 is 5.88. The van der Waals surface area contributed by atoms with Crippen LogP contribution >= 0.6 is 11.6 Å². The lowest BCUT2D eigenvalue weighted by Gasteiger charge is -2.25. The van der Waals surface area contributed by atoms with Gasteiger partial charge in [0.2, 0.25) is 15.9 Å². The van der Waals surface area contributed by atoms with E-state index in [4.69, 9.17) is 21.1 Å². The van der Waals surface area contributed by atoms with Gasteiger partial charge in [-0.2, -0.15) is 0 Å². The summed E-state index contributed by atoms with van der Waals surface area (Å²) in [5, 5.41) is 3.19. The Morgan fingerprint density at radius 1 is 1.11 bits per heavy atom. The van der Waals surface area contributed by atoms with Gasteiger partial charge >= 0.3 is 0 Å². The van der Waals surface area contributed by atoms with Crippen molar-refractivity contribution in [3.63, 3.8) is 0 Å². The van der Waals surface area contributed by atoms with Gasteiger partial charge in [0.1, 0.15) is 0 Å². The molecule has 28 heavy (non-hydrogen) atoms. The normalized spacial score (nSPS) is 20.6. The smallest absolute Gasteiger partial charge is 0.249 e. The third-order valence-corrected chi connectivity index (χ3v) is 7.64. The van der Waals surface area contributed by atoms with E-state index < -0.39 is 20.7 Å². The zero-order chi connectivity index (χ0) is 20.5. The Hall–Kier alpha value is -2.45. The van der Waals surface area contributed by atoms with E-state index in [1.54, 1.807) is 42.5 Å². The maximum atomic E-state index is 13.1. The first-order valence-corrected chi connectivity index (χ1v) is 10.4. The van der Waals surface area contributed by atoms with Gasteiger partial charge in [0.25, 0.3) is 0 Å². The number of ether oxygens (including phenoxy) is 2. The van der Waals surface area contributed by atoms with E-state index in [9.17, 15) is 13.2 Å². The molecule has 1 heterocycles. The number of rotatable bonds is 5. The first kappa shape index (κ1) is 20.3. The number of methoxy groups -OCH3 is 2.